The molecule has 1 aromatic carbocycles. The number of hydroxylamine groups is 2. The number of amides is 1. The van der Waals surface area contributed by atoms with Gasteiger partial charge in [-0.15, -0.1) is 0 Å². The van der Waals surface area contributed by atoms with Gasteiger partial charge in [-0.25, -0.2) is 9.86 Å². The fourth-order valence-corrected chi connectivity index (χ4v) is 1.35. The zero-order chi connectivity index (χ0) is 14.1. The molecule has 0 aliphatic heterocycles. The van der Waals surface area contributed by atoms with E-state index in [1.165, 1.54) is 0 Å². The molecule has 1 atom stereocenters. The summed E-state index contributed by atoms with van der Waals surface area (Å²) < 4.78 is 4.91. The van der Waals surface area contributed by atoms with Crippen molar-refractivity contribution in [1.29, 1.82) is 0 Å². The van der Waals surface area contributed by atoms with E-state index in [1.807, 2.05) is 30.3 Å². The van der Waals surface area contributed by atoms with E-state index in [0.717, 1.165) is 10.6 Å². The molecule has 0 fully saturated rings. The summed E-state index contributed by atoms with van der Waals surface area (Å²) in [5.41, 5.74) is 0.910. The first kappa shape index (κ1) is 15.2. The highest BCUT2D eigenvalue weighted by molar-refractivity contribution is 5.77. The molecule has 0 spiro atoms. The minimum Gasteiger partial charge on any atom is -0.464 e. The first-order valence-corrected chi connectivity index (χ1v) is 6.05. The lowest BCUT2D eigenvalue weighted by Crippen LogP contribution is -2.39. The summed E-state index contributed by atoms with van der Waals surface area (Å²) in [5.74, 6) is -0.510. The predicted octanol–water partition coefficient (Wildman–Crippen LogP) is 1.73. The standard InChI is InChI=1S/C14H18NO4/c1-3-9-18-14(17)12(2)15(11-16)19-10-13-7-5-4-6-8-13/h4-8,11-12H,1,3,9-10H2,2H3. The molecule has 0 N–H and O–H groups in total. The molecule has 19 heavy (non-hydrogen) atoms. The SMILES string of the molecule is [CH2]CCOC(=O)C(C)N(C=O)OCc1ccccc1. The Morgan fingerprint density at radius 2 is 2.11 bits per heavy atom. The zero-order valence-electron chi connectivity index (χ0n) is 11.0. The van der Waals surface area contributed by atoms with Crippen LogP contribution in [-0.4, -0.2) is 30.1 Å². The summed E-state index contributed by atoms with van der Waals surface area (Å²) in [7, 11) is 0. The summed E-state index contributed by atoms with van der Waals surface area (Å²) in [6.45, 7) is 5.56. The van der Waals surface area contributed by atoms with Gasteiger partial charge >= 0.3 is 5.97 Å². The number of rotatable bonds is 8. The van der Waals surface area contributed by atoms with Crippen LogP contribution in [0.1, 0.15) is 18.9 Å². The van der Waals surface area contributed by atoms with Crippen molar-refractivity contribution in [3.8, 4) is 0 Å². The second-order valence-corrected chi connectivity index (χ2v) is 3.92. The molecule has 1 radical (unpaired) electrons. The Morgan fingerprint density at radius 1 is 1.42 bits per heavy atom. The van der Waals surface area contributed by atoms with E-state index in [4.69, 9.17) is 9.57 Å². The van der Waals surface area contributed by atoms with Crippen LogP contribution in [0.15, 0.2) is 30.3 Å². The van der Waals surface area contributed by atoms with Crippen molar-refractivity contribution in [1.82, 2.24) is 5.06 Å². The van der Waals surface area contributed by atoms with Gasteiger partial charge in [-0.05, 0) is 25.8 Å². The van der Waals surface area contributed by atoms with Crippen LogP contribution in [0, 0.1) is 6.92 Å². The third-order valence-electron chi connectivity index (χ3n) is 2.44. The summed E-state index contributed by atoms with van der Waals surface area (Å²) in [4.78, 5) is 27.8. The molecule has 5 heteroatoms. The van der Waals surface area contributed by atoms with Crippen LogP contribution in [0.2, 0.25) is 0 Å². The van der Waals surface area contributed by atoms with Crippen LogP contribution in [0.3, 0.4) is 0 Å². The number of carbonyl (C=O) groups is 2. The van der Waals surface area contributed by atoms with Crippen molar-refractivity contribution in [2.45, 2.75) is 26.0 Å². The Hall–Kier alpha value is -1.88. The molecule has 1 aromatic rings. The van der Waals surface area contributed by atoms with Crippen molar-refractivity contribution in [3.05, 3.63) is 42.8 Å². The van der Waals surface area contributed by atoms with Gasteiger partial charge in [0.2, 0.25) is 6.41 Å². The van der Waals surface area contributed by atoms with Crippen molar-refractivity contribution in [3.63, 3.8) is 0 Å². The third-order valence-corrected chi connectivity index (χ3v) is 2.44. The minimum atomic E-state index is -0.784. The van der Waals surface area contributed by atoms with Crippen molar-refractivity contribution < 1.29 is 19.2 Å². The van der Waals surface area contributed by atoms with Crippen LogP contribution >= 0.6 is 0 Å². The number of hydrogen-bond acceptors (Lipinski definition) is 4. The summed E-state index contributed by atoms with van der Waals surface area (Å²) in [6.07, 6.45) is 0.962. The lowest BCUT2D eigenvalue weighted by Gasteiger charge is -2.22. The highest BCUT2D eigenvalue weighted by atomic mass is 16.7. The fourth-order valence-electron chi connectivity index (χ4n) is 1.35. The van der Waals surface area contributed by atoms with E-state index in [-0.39, 0.29) is 13.2 Å². The summed E-state index contributed by atoms with van der Waals surface area (Å²) >= 11 is 0. The monoisotopic (exact) mass is 264 g/mol. The second-order valence-electron chi connectivity index (χ2n) is 3.92. The molecular formula is C14H18NO4. The Labute approximate surface area is 113 Å². The fraction of sp³-hybridized carbons (Fsp3) is 0.357. The molecule has 0 aliphatic carbocycles. The molecule has 5 nitrogen and oxygen atoms in total. The molecule has 103 valence electrons. The van der Waals surface area contributed by atoms with Crippen LogP contribution in [0.5, 0.6) is 0 Å². The van der Waals surface area contributed by atoms with Gasteiger partial charge in [0, 0.05) is 0 Å². The number of ether oxygens (including phenoxy) is 1. The molecule has 0 aromatic heterocycles. The maximum Gasteiger partial charge on any atom is 0.331 e. The van der Waals surface area contributed by atoms with Gasteiger partial charge in [0.15, 0.2) is 6.04 Å². The lowest BCUT2D eigenvalue weighted by molar-refractivity contribution is -0.200. The first-order valence-electron chi connectivity index (χ1n) is 6.05. The van der Waals surface area contributed by atoms with Gasteiger partial charge < -0.3 is 4.74 Å². The molecule has 0 bridgehead atoms. The van der Waals surface area contributed by atoms with Gasteiger partial charge in [0.25, 0.3) is 0 Å². The van der Waals surface area contributed by atoms with E-state index in [0.29, 0.717) is 12.8 Å². The number of esters is 1. The molecule has 0 aliphatic rings. The average Bonchev–Trinajstić information content (AvgIpc) is 2.46. The van der Waals surface area contributed by atoms with E-state index < -0.39 is 12.0 Å². The Bertz CT molecular complexity index is 394. The molecule has 0 saturated carbocycles. The molecule has 0 saturated heterocycles. The van der Waals surface area contributed by atoms with Crippen molar-refractivity contribution in [2.24, 2.45) is 0 Å². The topological polar surface area (TPSA) is 55.8 Å². The quantitative estimate of drug-likeness (QED) is 0.407. The lowest BCUT2D eigenvalue weighted by atomic mass is 10.2. The molecule has 1 unspecified atom stereocenters. The maximum absolute atomic E-state index is 11.6. The van der Waals surface area contributed by atoms with Gasteiger partial charge in [-0.3, -0.25) is 9.63 Å². The number of hydrogen-bond donors (Lipinski definition) is 0. The number of carbonyl (C=O) groups excluding carboxylic acids is 2. The number of nitrogens with zero attached hydrogens (tertiary/aromatic N) is 1. The van der Waals surface area contributed by atoms with Crippen molar-refractivity contribution >= 4 is 12.4 Å². The highest BCUT2D eigenvalue weighted by Crippen LogP contribution is 2.06. The normalized spacial score (nSPS) is 11.7. The zero-order valence-corrected chi connectivity index (χ0v) is 11.0. The van der Waals surface area contributed by atoms with Gasteiger partial charge in [0.1, 0.15) is 6.61 Å². The summed E-state index contributed by atoms with van der Waals surface area (Å²) in [5, 5.41) is 0.957. The Balaban J connectivity index is 2.48. The Morgan fingerprint density at radius 3 is 2.68 bits per heavy atom. The van der Waals surface area contributed by atoms with Gasteiger partial charge in [0.05, 0.1) is 6.61 Å². The van der Waals surface area contributed by atoms with Crippen molar-refractivity contribution in [2.75, 3.05) is 6.61 Å². The molecule has 1 rings (SSSR count). The van der Waals surface area contributed by atoms with Crippen LogP contribution in [0.4, 0.5) is 0 Å². The maximum atomic E-state index is 11.6. The van der Waals surface area contributed by atoms with E-state index in [9.17, 15) is 9.59 Å². The summed E-state index contributed by atoms with van der Waals surface area (Å²) in [6, 6.07) is 8.59. The van der Waals surface area contributed by atoms with Gasteiger partial charge in [-0.2, -0.15) is 0 Å². The average molecular weight is 264 g/mol. The molecule has 1 amide bonds. The Kier molecular flexibility index (Phi) is 6.60. The second kappa shape index (κ2) is 8.26. The van der Waals surface area contributed by atoms with E-state index in [2.05, 4.69) is 6.92 Å². The molecular weight excluding hydrogens is 246 g/mol. The largest absolute Gasteiger partial charge is 0.464 e. The van der Waals surface area contributed by atoms with E-state index in [1.54, 1.807) is 6.92 Å². The first-order chi connectivity index (χ1) is 9.19. The third kappa shape index (κ3) is 5.09. The molecule has 0 heterocycles. The van der Waals surface area contributed by atoms with E-state index >= 15 is 0 Å². The minimum absolute atomic E-state index is 0.215. The van der Waals surface area contributed by atoms with Gasteiger partial charge in [-0.1, -0.05) is 30.3 Å². The number of benzene rings is 1. The smallest absolute Gasteiger partial charge is 0.331 e. The van der Waals surface area contributed by atoms with Crippen LogP contribution < -0.4 is 0 Å². The highest BCUT2D eigenvalue weighted by Gasteiger charge is 2.22. The predicted molar refractivity (Wildman–Crippen MR) is 69.5 cm³/mol. The van der Waals surface area contributed by atoms with Crippen LogP contribution in [0.25, 0.3) is 0 Å². The van der Waals surface area contributed by atoms with Crippen LogP contribution in [-0.2, 0) is 25.8 Å².